The Bertz CT molecular complexity index is 546. The molecule has 0 spiro atoms. The van der Waals surface area contributed by atoms with Gasteiger partial charge in [0.2, 0.25) is 0 Å². The molecule has 2 rings (SSSR count). The van der Waals surface area contributed by atoms with Crippen LogP contribution in [0.4, 0.5) is 17.1 Å². The van der Waals surface area contributed by atoms with Gasteiger partial charge >= 0.3 is 0 Å². The zero-order chi connectivity index (χ0) is 15.8. The SMILES string of the molecule is Nc1ccc(O)c(N)c1O.OCCNc1ccc(O)cc1. The van der Waals surface area contributed by atoms with Gasteiger partial charge in [-0.2, -0.15) is 0 Å². The first-order chi connectivity index (χ1) is 9.95. The van der Waals surface area contributed by atoms with E-state index in [2.05, 4.69) is 5.32 Å². The number of aliphatic hydroxyl groups is 1. The summed E-state index contributed by atoms with van der Waals surface area (Å²) in [5, 5.41) is 38.2. The Labute approximate surface area is 122 Å². The summed E-state index contributed by atoms with van der Waals surface area (Å²) < 4.78 is 0. The van der Waals surface area contributed by atoms with Gasteiger partial charge in [0.15, 0.2) is 5.75 Å². The molecule has 0 bridgehead atoms. The molecule has 0 heterocycles. The van der Waals surface area contributed by atoms with E-state index in [4.69, 9.17) is 31.9 Å². The minimum atomic E-state index is -0.264. The lowest BCUT2D eigenvalue weighted by Crippen LogP contribution is -2.04. The number of rotatable bonds is 3. The molecule has 0 aliphatic carbocycles. The third kappa shape index (κ3) is 5.00. The van der Waals surface area contributed by atoms with E-state index in [-0.39, 0.29) is 35.2 Å². The van der Waals surface area contributed by atoms with Gasteiger partial charge in [0.25, 0.3) is 0 Å². The quantitative estimate of drug-likeness (QED) is 0.254. The van der Waals surface area contributed by atoms with Crippen molar-refractivity contribution in [3.05, 3.63) is 36.4 Å². The van der Waals surface area contributed by atoms with Crippen molar-refractivity contribution in [2.24, 2.45) is 0 Å². The highest BCUT2D eigenvalue weighted by Gasteiger charge is 2.04. The van der Waals surface area contributed by atoms with Crippen LogP contribution in [0, 0.1) is 0 Å². The van der Waals surface area contributed by atoms with Gasteiger partial charge in [-0.25, -0.2) is 0 Å². The van der Waals surface area contributed by atoms with Crippen LogP contribution in [0.15, 0.2) is 36.4 Å². The number of aromatic hydroxyl groups is 3. The second-order valence-corrected chi connectivity index (χ2v) is 4.13. The number of nitrogens with one attached hydrogen (secondary N) is 1. The molecule has 0 saturated carbocycles. The lowest BCUT2D eigenvalue weighted by Gasteiger charge is -2.02. The largest absolute Gasteiger partial charge is 0.508 e. The number of phenols is 3. The van der Waals surface area contributed by atoms with Gasteiger partial charge in [0, 0.05) is 12.2 Å². The molecule has 0 unspecified atom stereocenters. The first-order valence-corrected chi connectivity index (χ1v) is 6.15. The number of anilines is 3. The van der Waals surface area contributed by atoms with Crippen molar-refractivity contribution in [3.8, 4) is 17.2 Å². The van der Waals surface area contributed by atoms with Crippen LogP contribution in [0.25, 0.3) is 0 Å². The lowest BCUT2D eigenvalue weighted by molar-refractivity contribution is 0.311. The first kappa shape index (κ1) is 16.3. The maximum atomic E-state index is 8.98. The molecule has 2 aromatic carbocycles. The molecule has 0 atom stereocenters. The Hall–Kier alpha value is -2.80. The van der Waals surface area contributed by atoms with E-state index in [9.17, 15) is 0 Å². The van der Waals surface area contributed by atoms with E-state index in [1.165, 1.54) is 12.1 Å². The van der Waals surface area contributed by atoms with E-state index in [0.29, 0.717) is 6.54 Å². The number of hydrogen-bond donors (Lipinski definition) is 7. The molecule has 9 N–H and O–H groups in total. The zero-order valence-corrected chi connectivity index (χ0v) is 11.3. The third-order valence-electron chi connectivity index (χ3n) is 2.53. The van der Waals surface area contributed by atoms with E-state index in [1.54, 1.807) is 24.3 Å². The maximum absolute atomic E-state index is 8.98. The Balaban J connectivity index is 0.000000211. The van der Waals surface area contributed by atoms with Crippen molar-refractivity contribution in [2.45, 2.75) is 0 Å². The summed E-state index contributed by atoms with van der Waals surface area (Å²) in [6, 6.07) is 9.40. The second kappa shape index (κ2) is 7.71. The molecule has 0 fully saturated rings. The highest BCUT2D eigenvalue weighted by molar-refractivity contribution is 5.72. The molecule has 0 aliphatic rings. The fraction of sp³-hybridized carbons (Fsp3) is 0.143. The standard InChI is InChI=1S/C8H11NO2.C6H8N2O2/c10-6-5-9-7-1-3-8(11)4-2-7;7-3-1-2-4(9)5(8)6(3)10/h1-4,9-11H,5-6H2;1-2,9-10H,7-8H2. The fourth-order valence-corrected chi connectivity index (χ4v) is 1.39. The minimum absolute atomic E-state index is 0.0833. The van der Waals surface area contributed by atoms with Crippen LogP contribution < -0.4 is 16.8 Å². The van der Waals surface area contributed by atoms with Crippen molar-refractivity contribution >= 4 is 17.1 Å². The Morgan fingerprint density at radius 3 is 2.05 bits per heavy atom. The molecular formula is C14H19N3O4. The maximum Gasteiger partial charge on any atom is 0.165 e. The summed E-state index contributed by atoms with van der Waals surface area (Å²) in [5.74, 6) is -0.175. The summed E-state index contributed by atoms with van der Waals surface area (Å²) >= 11 is 0. The molecule has 0 saturated heterocycles. The molecule has 114 valence electrons. The van der Waals surface area contributed by atoms with Crippen molar-refractivity contribution in [2.75, 3.05) is 29.9 Å². The summed E-state index contributed by atoms with van der Waals surface area (Å²) in [4.78, 5) is 0. The summed E-state index contributed by atoms with van der Waals surface area (Å²) in [5.41, 5.74) is 11.4. The average molecular weight is 293 g/mol. The Morgan fingerprint density at radius 2 is 1.52 bits per heavy atom. The van der Waals surface area contributed by atoms with E-state index in [1.807, 2.05) is 0 Å². The van der Waals surface area contributed by atoms with Crippen LogP contribution in [0.1, 0.15) is 0 Å². The van der Waals surface area contributed by atoms with Crippen LogP contribution in [-0.2, 0) is 0 Å². The van der Waals surface area contributed by atoms with E-state index >= 15 is 0 Å². The normalized spacial score (nSPS) is 9.57. The second-order valence-electron chi connectivity index (χ2n) is 4.13. The van der Waals surface area contributed by atoms with E-state index in [0.717, 1.165) is 5.69 Å². The first-order valence-electron chi connectivity index (χ1n) is 6.15. The van der Waals surface area contributed by atoms with Crippen LogP contribution in [0.2, 0.25) is 0 Å². The van der Waals surface area contributed by atoms with Crippen molar-refractivity contribution in [3.63, 3.8) is 0 Å². The van der Waals surface area contributed by atoms with Gasteiger partial charge in [-0.05, 0) is 36.4 Å². The van der Waals surface area contributed by atoms with E-state index < -0.39 is 0 Å². The van der Waals surface area contributed by atoms with Gasteiger partial charge in [-0.15, -0.1) is 0 Å². The van der Waals surface area contributed by atoms with Crippen LogP contribution >= 0.6 is 0 Å². The zero-order valence-electron chi connectivity index (χ0n) is 11.3. The van der Waals surface area contributed by atoms with Crippen LogP contribution in [-0.4, -0.2) is 33.6 Å². The molecule has 0 aromatic heterocycles. The molecule has 0 radical (unpaired) electrons. The van der Waals surface area contributed by atoms with Gasteiger partial charge < -0.3 is 37.2 Å². The van der Waals surface area contributed by atoms with Gasteiger partial charge in [-0.3, -0.25) is 0 Å². The molecule has 2 aromatic rings. The van der Waals surface area contributed by atoms with Crippen molar-refractivity contribution in [1.82, 2.24) is 0 Å². The molecule has 21 heavy (non-hydrogen) atoms. The highest BCUT2D eigenvalue weighted by atomic mass is 16.3. The Kier molecular flexibility index (Phi) is 5.97. The molecule has 0 aliphatic heterocycles. The smallest absolute Gasteiger partial charge is 0.165 e. The summed E-state index contributed by atoms with van der Waals surface area (Å²) in [7, 11) is 0. The minimum Gasteiger partial charge on any atom is -0.508 e. The number of hydrogen-bond acceptors (Lipinski definition) is 7. The number of benzene rings is 2. The summed E-state index contributed by atoms with van der Waals surface area (Å²) in [6.45, 7) is 0.644. The lowest BCUT2D eigenvalue weighted by atomic mass is 10.2. The van der Waals surface area contributed by atoms with Crippen molar-refractivity contribution in [1.29, 1.82) is 0 Å². The monoisotopic (exact) mass is 293 g/mol. The van der Waals surface area contributed by atoms with Gasteiger partial charge in [-0.1, -0.05) is 0 Å². The molecule has 0 amide bonds. The predicted octanol–water partition coefficient (Wildman–Crippen LogP) is 1.06. The topological polar surface area (TPSA) is 145 Å². The third-order valence-corrected chi connectivity index (χ3v) is 2.53. The van der Waals surface area contributed by atoms with Crippen molar-refractivity contribution < 1.29 is 20.4 Å². The fourth-order valence-electron chi connectivity index (χ4n) is 1.39. The predicted molar refractivity (Wildman–Crippen MR) is 82.3 cm³/mol. The number of aliphatic hydroxyl groups excluding tert-OH is 1. The van der Waals surface area contributed by atoms with Gasteiger partial charge in [0.05, 0.1) is 12.3 Å². The number of phenolic OH excluding ortho intramolecular Hbond substituents is 3. The summed E-state index contributed by atoms with van der Waals surface area (Å²) in [6.07, 6.45) is 0. The molecular weight excluding hydrogens is 274 g/mol. The molecule has 7 heteroatoms. The van der Waals surface area contributed by atoms with Gasteiger partial charge in [0.1, 0.15) is 17.2 Å². The highest BCUT2D eigenvalue weighted by Crippen LogP contribution is 2.34. The number of nitrogen functional groups attached to an aromatic ring is 2. The average Bonchev–Trinajstić information content (AvgIpc) is 2.49. The van der Waals surface area contributed by atoms with Crippen LogP contribution in [0.3, 0.4) is 0 Å². The van der Waals surface area contributed by atoms with Crippen LogP contribution in [0.5, 0.6) is 17.2 Å². The Morgan fingerprint density at radius 1 is 0.905 bits per heavy atom. The number of nitrogens with two attached hydrogens (primary N) is 2. The molecule has 7 nitrogen and oxygen atoms in total.